The van der Waals surface area contributed by atoms with Crippen LogP contribution in [0.4, 0.5) is 0 Å². The van der Waals surface area contributed by atoms with Gasteiger partial charge in [-0.15, -0.1) is 10.2 Å². The normalized spacial score (nSPS) is 14.9. The fourth-order valence-electron chi connectivity index (χ4n) is 5.67. The molecule has 13 heteroatoms. The Bertz CT molecular complexity index is 2020. The summed E-state index contributed by atoms with van der Waals surface area (Å²) >= 11 is 0. The number of nitrogens with one attached hydrogen (secondary N) is 3. The number of amides is 3. The molecule has 1 aliphatic rings. The van der Waals surface area contributed by atoms with E-state index in [-0.39, 0.29) is 25.3 Å². The van der Waals surface area contributed by atoms with Crippen molar-refractivity contribution in [1.29, 1.82) is 0 Å². The third kappa shape index (κ3) is 9.16. The van der Waals surface area contributed by atoms with E-state index in [0.29, 0.717) is 17.8 Å². The quantitative estimate of drug-likeness (QED) is 0.145. The number of carbonyl (C=O) groups excluding carboxylic acids is 3. The molecule has 3 amide bonds. The molecule has 0 spiro atoms. The van der Waals surface area contributed by atoms with Crippen LogP contribution in [0.5, 0.6) is 0 Å². The molecule has 0 fully saturated rings. The molecule has 258 valence electrons. The van der Waals surface area contributed by atoms with Crippen LogP contribution in [0.25, 0.3) is 5.57 Å². The maximum absolute atomic E-state index is 13.9. The summed E-state index contributed by atoms with van der Waals surface area (Å²) in [6.45, 7) is 0.440. The first-order valence-corrected chi connectivity index (χ1v) is 16.3. The van der Waals surface area contributed by atoms with Crippen molar-refractivity contribution < 1.29 is 23.9 Å². The summed E-state index contributed by atoms with van der Waals surface area (Å²) in [5.74, 6) is -2.63. The van der Waals surface area contributed by atoms with E-state index in [9.17, 15) is 24.3 Å². The molecule has 0 saturated carbocycles. The van der Waals surface area contributed by atoms with Crippen LogP contribution in [0.3, 0.4) is 0 Å². The molecule has 3 atom stereocenters. The smallest absolute Gasteiger partial charge is 0.290 e. The van der Waals surface area contributed by atoms with Gasteiger partial charge < -0.3 is 25.1 Å². The monoisotopic (exact) mass is 685 g/mol. The predicted molar refractivity (Wildman–Crippen MR) is 187 cm³/mol. The number of H-pyrrole nitrogens is 1. The van der Waals surface area contributed by atoms with Crippen LogP contribution >= 0.6 is 0 Å². The van der Waals surface area contributed by atoms with Crippen molar-refractivity contribution >= 4 is 23.3 Å². The van der Waals surface area contributed by atoms with E-state index in [2.05, 4.69) is 31.3 Å². The number of aromatic amines is 1. The molecule has 2 heterocycles. The first-order chi connectivity index (χ1) is 24.8. The minimum Gasteiger partial charge on any atom is -0.445 e. The second kappa shape index (κ2) is 16.3. The standard InChI is InChI=1S/C38H35N7O6/c46-30-21-32(51-33(22-30)38(50)45(23-26-13-6-2-7-14-26)24-27-15-8-3-9-16-27)36(48)40-31(19-25-11-4-1-5-12-25)34(47)37(49)39-29-18-10-17-28(20-29)35-41-43-44-42-35/h1-17,20-22,29,31,34,47H,18-19,23-24H2,(H,39,49)(H,40,48)(H,41,42,43,44)/t29?,31-,34-/m0/s1. The van der Waals surface area contributed by atoms with E-state index in [1.807, 2.05) is 72.8 Å². The molecule has 1 unspecified atom stereocenters. The number of allylic oxidation sites excluding steroid dienone is 2. The lowest BCUT2D eigenvalue weighted by atomic mass is 9.98. The molecule has 5 aromatic rings. The number of nitrogens with zero attached hydrogens (tertiary/aromatic N) is 4. The maximum Gasteiger partial charge on any atom is 0.290 e. The van der Waals surface area contributed by atoms with E-state index in [0.717, 1.165) is 28.8 Å². The van der Waals surface area contributed by atoms with Crippen molar-refractivity contribution in [2.24, 2.45) is 0 Å². The van der Waals surface area contributed by atoms with E-state index in [1.54, 1.807) is 36.4 Å². The number of aliphatic hydroxyl groups is 1. The highest BCUT2D eigenvalue weighted by Gasteiger charge is 2.31. The average Bonchev–Trinajstić information content (AvgIpc) is 3.70. The van der Waals surface area contributed by atoms with Crippen LogP contribution < -0.4 is 16.1 Å². The van der Waals surface area contributed by atoms with Crippen molar-refractivity contribution in [3.8, 4) is 0 Å². The Morgan fingerprint density at radius 3 is 2.10 bits per heavy atom. The Hall–Kier alpha value is -6.47. The van der Waals surface area contributed by atoms with Crippen LogP contribution in [-0.4, -0.2) is 66.5 Å². The molecule has 13 nitrogen and oxygen atoms in total. The lowest BCUT2D eigenvalue weighted by Gasteiger charge is -2.26. The summed E-state index contributed by atoms with van der Waals surface area (Å²) in [4.78, 5) is 55.3. The molecular weight excluding hydrogens is 650 g/mol. The highest BCUT2D eigenvalue weighted by atomic mass is 16.4. The summed E-state index contributed by atoms with van der Waals surface area (Å²) in [5, 5.41) is 30.6. The van der Waals surface area contributed by atoms with Crippen LogP contribution in [-0.2, 0) is 24.3 Å². The minimum absolute atomic E-state index is 0.0699. The second-order valence-corrected chi connectivity index (χ2v) is 12.0. The van der Waals surface area contributed by atoms with E-state index in [1.165, 1.54) is 4.90 Å². The van der Waals surface area contributed by atoms with Gasteiger partial charge in [-0.1, -0.05) is 109 Å². The van der Waals surface area contributed by atoms with Crippen LogP contribution in [0.15, 0.2) is 131 Å². The Labute approximate surface area is 292 Å². The minimum atomic E-state index is -1.70. The van der Waals surface area contributed by atoms with Crippen LogP contribution in [0, 0.1) is 0 Å². The van der Waals surface area contributed by atoms with Gasteiger partial charge in [-0.2, -0.15) is 5.21 Å². The van der Waals surface area contributed by atoms with Gasteiger partial charge in [0.25, 0.3) is 17.7 Å². The number of aliphatic hydroxyl groups excluding tert-OH is 1. The van der Waals surface area contributed by atoms with Gasteiger partial charge in [0.1, 0.15) is 0 Å². The van der Waals surface area contributed by atoms with Crippen molar-refractivity contribution in [3.05, 3.63) is 166 Å². The number of carbonyl (C=O) groups is 3. The third-order valence-corrected chi connectivity index (χ3v) is 8.18. The van der Waals surface area contributed by atoms with Gasteiger partial charge in [-0.3, -0.25) is 19.2 Å². The lowest BCUT2D eigenvalue weighted by molar-refractivity contribution is -0.131. The van der Waals surface area contributed by atoms with E-state index in [4.69, 9.17) is 4.42 Å². The number of rotatable bonds is 13. The fourth-order valence-corrected chi connectivity index (χ4v) is 5.67. The first kappa shape index (κ1) is 34.4. The lowest BCUT2D eigenvalue weighted by Crippen LogP contribution is -2.53. The molecule has 0 aliphatic heterocycles. The van der Waals surface area contributed by atoms with Gasteiger partial charge in [0.05, 0.1) is 12.1 Å². The fraction of sp³-hybridized carbons (Fsp3) is 0.184. The summed E-state index contributed by atoms with van der Waals surface area (Å²) in [6, 6.07) is 28.1. The van der Waals surface area contributed by atoms with Crippen molar-refractivity contribution in [1.82, 2.24) is 36.2 Å². The van der Waals surface area contributed by atoms with Gasteiger partial charge >= 0.3 is 0 Å². The molecule has 6 rings (SSSR count). The summed E-state index contributed by atoms with van der Waals surface area (Å²) in [6.07, 6.45) is 4.20. The molecule has 2 aromatic heterocycles. The van der Waals surface area contributed by atoms with Gasteiger partial charge in [0, 0.05) is 30.8 Å². The number of tetrazole rings is 1. The number of aromatic nitrogens is 4. The van der Waals surface area contributed by atoms with Crippen molar-refractivity contribution in [2.75, 3.05) is 0 Å². The Balaban J connectivity index is 1.22. The molecule has 51 heavy (non-hydrogen) atoms. The van der Waals surface area contributed by atoms with E-state index >= 15 is 0 Å². The number of hydrogen-bond acceptors (Lipinski definition) is 9. The molecule has 4 N–H and O–H groups in total. The van der Waals surface area contributed by atoms with Gasteiger partial charge in [0.2, 0.25) is 5.82 Å². The molecule has 0 bridgehead atoms. The van der Waals surface area contributed by atoms with Crippen molar-refractivity contribution in [3.63, 3.8) is 0 Å². The molecule has 3 aromatic carbocycles. The van der Waals surface area contributed by atoms with Crippen molar-refractivity contribution in [2.45, 2.75) is 44.1 Å². The van der Waals surface area contributed by atoms with Gasteiger partial charge in [-0.25, -0.2) is 0 Å². The summed E-state index contributed by atoms with van der Waals surface area (Å²) < 4.78 is 5.78. The summed E-state index contributed by atoms with van der Waals surface area (Å²) in [7, 11) is 0. The van der Waals surface area contributed by atoms with Crippen LogP contribution in [0.1, 0.15) is 50.0 Å². The molecule has 1 aliphatic carbocycles. The highest BCUT2D eigenvalue weighted by Crippen LogP contribution is 2.19. The maximum atomic E-state index is 13.9. The Morgan fingerprint density at radius 2 is 1.49 bits per heavy atom. The topological polar surface area (TPSA) is 183 Å². The number of benzene rings is 3. The molecule has 0 saturated heterocycles. The molecular formula is C38H35N7O6. The zero-order valence-electron chi connectivity index (χ0n) is 27.4. The highest BCUT2D eigenvalue weighted by molar-refractivity contribution is 5.95. The summed E-state index contributed by atoms with van der Waals surface area (Å²) in [5.41, 5.74) is 2.47. The van der Waals surface area contributed by atoms with E-state index < -0.39 is 47.1 Å². The SMILES string of the molecule is O=C(N[C@@H](Cc1ccccc1)[C@H](O)C(=O)NC1C=C(c2nn[nH]n2)C=CC1)c1cc(=O)cc(C(=O)N(Cc2ccccc2)Cc2ccccc2)o1. The average molecular weight is 686 g/mol. The number of hydrogen-bond donors (Lipinski definition) is 4. The molecule has 0 radical (unpaired) electrons. The van der Waals surface area contributed by atoms with Gasteiger partial charge in [0.15, 0.2) is 23.1 Å². The predicted octanol–water partition coefficient (Wildman–Crippen LogP) is 3.23. The van der Waals surface area contributed by atoms with Gasteiger partial charge in [-0.05, 0) is 34.7 Å². The second-order valence-electron chi connectivity index (χ2n) is 12.0. The zero-order chi connectivity index (χ0) is 35.6. The van der Waals surface area contributed by atoms with Crippen LogP contribution in [0.2, 0.25) is 0 Å². The zero-order valence-corrected chi connectivity index (χ0v) is 27.4. The largest absolute Gasteiger partial charge is 0.445 e. The third-order valence-electron chi connectivity index (χ3n) is 8.18. The first-order valence-electron chi connectivity index (χ1n) is 16.3. The Kier molecular flexibility index (Phi) is 11.0. The Morgan fingerprint density at radius 1 is 0.882 bits per heavy atom.